The van der Waals surface area contributed by atoms with Crippen LogP contribution in [0.25, 0.3) is 0 Å². The van der Waals surface area contributed by atoms with Crippen molar-refractivity contribution in [3.63, 3.8) is 0 Å². The SMILES string of the molecule is CC(C)c1cccc(C(C)C)c1N(C(=O)NC(Sc1ccccc1)C1CCCCC1)c1ccccc1. The predicted molar refractivity (Wildman–Crippen MR) is 154 cm³/mol. The second kappa shape index (κ2) is 12.5. The molecule has 1 saturated carbocycles. The number of para-hydroxylation sites is 2. The Morgan fingerprint density at radius 3 is 1.89 bits per heavy atom. The molecular weight excluding hydrogens is 460 g/mol. The fourth-order valence-electron chi connectivity index (χ4n) is 5.21. The van der Waals surface area contributed by atoms with Gasteiger partial charge in [-0.15, -0.1) is 11.8 Å². The Morgan fingerprint density at radius 2 is 1.33 bits per heavy atom. The molecule has 0 spiro atoms. The van der Waals surface area contributed by atoms with E-state index in [0.29, 0.717) is 17.8 Å². The molecule has 0 aliphatic heterocycles. The average molecular weight is 501 g/mol. The number of hydrogen-bond acceptors (Lipinski definition) is 2. The lowest BCUT2D eigenvalue weighted by Crippen LogP contribution is -2.45. The van der Waals surface area contributed by atoms with Gasteiger partial charge in [-0.2, -0.15) is 0 Å². The predicted octanol–water partition coefficient (Wildman–Crippen LogP) is 9.48. The molecule has 1 unspecified atom stereocenters. The molecule has 0 aromatic heterocycles. The number of carbonyl (C=O) groups excluding carboxylic acids is 1. The van der Waals surface area contributed by atoms with E-state index in [4.69, 9.17) is 0 Å². The van der Waals surface area contributed by atoms with E-state index >= 15 is 0 Å². The minimum Gasteiger partial charge on any atom is -0.325 e. The summed E-state index contributed by atoms with van der Waals surface area (Å²) in [6, 6.07) is 27.0. The van der Waals surface area contributed by atoms with E-state index in [2.05, 4.69) is 75.5 Å². The molecule has 1 atom stereocenters. The Hall–Kier alpha value is -2.72. The zero-order chi connectivity index (χ0) is 25.5. The fourth-order valence-corrected chi connectivity index (χ4v) is 6.44. The lowest BCUT2D eigenvalue weighted by Gasteiger charge is -2.35. The van der Waals surface area contributed by atoms with Crippen molar-refractivity contribution in [2.45, 2.75) is 81.9 Å². The number of hydrogen-bond donors (Lipinski definition) is 1. The normalized spacial score (nSPS) is 15.2. The summed E-state index contributed by atoms with van der Waals surface area (Å²) in [5.74, 6) is 1.06. The van der Waals surface area contributed by atoms with E-state index in [0.717, 1.165) is 24.2 Å². The van der Waals surface area contributed by atoms with Crippen molar-refractivity contribution < 1.29 is 4.79 Å². The Kier molecular flexibility index (Phi) is 9.14. The minimum absolute atomic E-state index is 0.0279. The van der Waals surface area contributed by atoms with E-state index in [1.54, 1.807) is 11.8 Å². The van der Waals surface area contributed by atoms with Crippen LogP contribution in [-0.2, 0) is 0 Å². The summed E-state index contributed by atoms with van der Waals surface area (Å²) in [5, 5.41) is 3.54. The molecule has 3 aromatic carbocycles. The van der Waals surface area contributed by atoms with Crippen LogP contribution in [0.2, 0.25) is 0 Å². The highest BCUT2D eigenvalue weighted by Gasteiger charge is 2.31. The molecule has 1 aliphatic carbocycles. The Morgan fingerprint density at radius 1 is 0.778 bits per heavy atom. The molecule has 0 radical (unpaired) electrons. The van der Waals surface area contributed by atoms with Crippen molar-refractivity contribution in [3.05, 3.63) is 90.0 Å². The van der Waals surface area contributed by atoms with E-state index < -0.39 is 0 Å². The molecule has 3 nitrogen and oxygen atoms in total. The van der Waals surface area contributed by atoms with Crippen molar-refractivity contribution in [2.24, 2.45) is 5.92 Å². The first-order valence-corrected chi connectivity index (χ1v) is 14.3. The standard InChI is InChI=1S/C32H40N2OS/c1-23(2)28-21-14-22-29(24(3)4)30(28)34(26-17-10-6-11-18-26)32(35)33-31(25-15-8-5-9-16-25)36-27-19-12-7-13-20-27/h6-7,10-14,17-25,31H,5,8-9,15-16H2,1-4H3,(H,33,35). The summed E-state index contributed by atoms with van der Waals surface area (Å²) in [6.07, 6.45) is 6.10. The molecule has 1 N–H and O–H groups in total. The second-order valence-corrected chi connectivity index (χ2v) is 11.7. The summed E-state index contributed by atoms with van der Waals surface area (Å²) in [5.41, 5.74) is 4.32. The van der Waals surface area contributed by atoms with E-state index in [9.17, 15) is 4.79 Å². The first-order chi connectivity index (χ1) is 17.5. The number of benzene rings is 3. The van der Waals surface area contributed by atoms with Gasteiger partial charge in [0.1, 0.15) is 0 Å². The van der Waals surface area contributed by atoms with Gasteiger partial charge in [0.15, 0.2) is 0 Å². The van der Waals surface area contributed by atoms with Crippen LogP contribution in [0.3, 0.4) is 0 Å². The third-order valence-electron chi connectivity index (χ3n) is 7.13. The van der Waals surface area contributed by atoms with Crippen molar-refractivity contribution in [1.82, 2.24) is 5.32 Å². The van der Waals surface area contributed by atoms with Gasteiger partial charge in [-0.05, 0) is 66.0 Å². The third-order valence-corrected chi connectivity index (χ3v) is 8.43. The van der Waals surface area contributed by atoms with Crippen LogP contribution in [0.4, 0.5) is 16.2 Å². The Labute approximate surface area is 221 Å². The van der Waals surface area contributed by atoms with Crippen LogP contribution >= 0.6 is 11.8 Å². The highest BCUT2D eigenvalue weighted by Crippen LogP contribution is 2.40. The quantitative estimate of drug-likeness (QED) is 0.247. The van der Waals surface area contributed by atoms with E-state index in [1.165, 1.54) is 35.3 Å². The second-order valence-electron chi connectivity index (χ2n) is 10.5. The number of amides is 2. The Balaban J connectivity index is 1.75. The monoisotopic (exact) mass is 500 g/mol. The van der Waals surface area contributed by atoms with Crippen molar-refractivity contribution >= 4 is 29.2 Å². The van der Waals surface area contributed by atoms with Crippen LogP contribution in [-0.4, -0.2) is 11.4 Å². The number of anilines is 2. The summed E-state index contributed by atoms with van der Waals surface area (Å²) in [6.45, 7) is 8.83. The number of urea groups is 1. The van der Waals surface area contributed by atoms with Crippen molar-refractivity contribution in [3.8, 4) is 0 Å². The van der Waals surface area contributed by atoms with Gasteiger partial charge in [-0.1, -0.05) is 102 Å². The maximum atomic E-state index is 14.3. The van der Waals surface area contributed by atoms with Gasteiger partial charge in [-0.3, -0.25) is 4.90 Å². The molecule has 4 rings (SSSR count). The number of thioether (sulfide) groups is 1. The number of nitrogens with one attached hydrogen (secondary N) is 1. The first kappa shape index (κ1) is 26.3. The highest BCUT2D eigenvalue weighted by atomic mass is 32.2. The summed E-state index contributed by atoms with van der Waals surface area (Å²) >= 11 is 1.79. The molecule has 0 saturated heterocycles. The van der Waals surface area contributed by atoms with Crippen LogP contribution < -0.4 is 10.2 Å². The lowest BCUT2D eigenvalue weighted by atomic mass is 9.89. The molecule has 190 valence electrons. The van der Waals surface area contributed by atoms with Gasteiger partial charge in [0, 0.05) is 4.90 Å². The van der Waals surface area contributed by atoms with E-state index in [1.807, 2.05) is 41.3 Å². The van der Waals surface area contributed by atoms with Crippen LogP contribution in [0.1, 0.15) is 82.8 Å². The van der Waals surface area contributed by atoms with Crippen LogP contribution in [0.5, 0.6) is 0 Å². The number of nitrogens with zero attached hydrogens (tertiary/aromatic N) is 1. The number of rotatable bonds is 8. The molecule has 1 fully saturated rings. The maximum absolute atomic E-state index is 14.3. The van der Waals surface area contributed by atoms with Gasteiger partial charge < -0.3 is 5.32 Å². The molecule has 4 heteroatoms. The van der Waals surface area contributed by atoms with Gasteiger partial charge in [0.2, 0.25) is 0 Å². The fraction of sp³-hybridized carbons (Fsp3) is 0.406. The zero-order valence-electron chi connectivity index (χ0n) is 22.1. The van der Waals surface area contributed by atoms with Crippen LogP contribution in [0.15, 0.2) is 83.8 Å². The summed E-state index contributed by atoms with van der Waals surface area (Å²) in [4.78, 5) is 17.5. The molecule has 1 aliphatic rings. The smallest absolute Gasteiger partial charge is 0.325 e. The zero-order valence-corrected chi connectivity index (χ0v) is 22.9. The third kappa shape index (κ3) is 6.34. The summed E-state index contributed by atoms with van der Waals surface area (Å²) in [7, 11) is 0. The minimum atomic E-state index is -0.0461. The average Bonchev–Trinajstić information content (AvgIpc) is 2.90. The van der Waals surface area contributed by atoms with Gasteiger partial charge in [-0.25, -0.2) is 4.79 Å². The summed E-state index contributed by atoms with van der Waals surface area (Å²) < 4.78 is 0. The van der Waals surface area contributed by atoms with Crippen LogP contribution in [0, 0.1) is 5.92 Å². The molecule has 3 aromatic rings. The topological polar surface area (TPSA) is 32.3 Å². The molecule has 36 heavy (non-hydrogen) atoms. The molecular formula is C32H40N2OS. The van der Waals surface area contributed by atoms with E-state index in [-0.39, 0.29) is 11.4 Å². The maximum Gasteiger partial charge on any atom is 0.327 e. The van der Waals surface area contributed by atoms with Crippen molar-refractivity contribution in [2.75, 3.05) is 4.90 Å². The lowest BCUT2D eigenvalue weighted by molar-refractivity contribution is 0.241. The molecule has 0 heterocycles. The number of carbonyl (C=O) groups is 1. The molecule has 0 bridgehead atoms. The van der Waals surface area contributed by atoms with Gasteiger partial charge in [0.25, 0.3) is 0 Å². The molecule has 2 amide bonds. The van der Waals surface area contributed by atoms with Gasteiger partial charge >= 0.3 is 6.03 Å². The largest absolute Gasteiger partial charge is 0.327 e. The van der Waals surface area contributed by atoms with Gasteiger partial charge in [0.05, 0.1) is 16.7 Å². The highest BCUT2D eigenvalue weighted by molar-refractivity contribution is 8.00. The van der Waals surface area contributed by atoms with Crippen molar-refractivity contribution in [1.29, 1.82) is 0 Å². The first-order valence-electron chi connectivity index (χ1n) is 13.5. The Bertz CT molecular complexity index is 1080.